The minimum Gasteiger partial charge on any atom is -0.296 e. The molecule has 6 heteroatoms. The van der Waals surface area contributed by atoms with E-state index in [-0.39, 0.29) is 0 Å². The summed E-state index contributed by atoms with van der Waals surface area (Å²) in [7, 11) is 0. The number of aromatic nitrogens is 3. The molecule has 2 aromatic heterocycles. The van der Waals surface area contributed by atoms with Crippen LogP contribution in [0.1, 0.15) is 26.6 Å². The minimum atomic E-state index is 0.465. The van der Waals surface area contributed by atoms with Crippen LogP contribution in [0.15, 0.2) is 48.5 Å². The fourth-order valence-electron chi connectivity index (χ4n) is 2.76. The van der Waals surface area contributed by atoms with Gasteiger partial charge in [-0.05, 0) is 30.2 Å². The molecule has 2 heterocycles. The number of imidazole rings is 1. The number of nitrogens with zero attached hydrogens (tertiary/aromatic N) is 3. The van der Waals surface area contributed by atoms with Gasteiger partial charge in [-0.15, -0.1) is 0 Å². The van der Waals surface area contributed by atoms with Crippen molar-refractivity contribution in [3.05, 3.63) is 75.4 Å². The molecular formula is C19H14ClN3OS. The molecule has 0 bridgehead atoms. The molecule has 0 amide bonds. The first-order valence-corrected chi connectivity index (χ1v) is 8.99. The van der Waals surface area contributed by atoms with Gasteiger partial charge in [-0.25, -0.2) is 4.98 Å². The molecule has 4 rings (SSSR count). The number of benzene rings is 2. The molecule has 124 valence electrons. The van der Waals surface area contributed by atoms with Gasteiger partial charge in [0, 0.05) is 17.0 Å². The lowest BCUT2D eigenvalue weighted by molar-refractivity contribution is 0.111. The van der Waals surface area contributed by atoms with E-state index >= 15 is 0 Å². The Morgan fingerprint density at radius 2 is 2.00 bits per heavy atom. The van der Waals surface area contributed by atoms with Gasteiger partial charge in [0.05, 0.1) is 0 Å². The monoisotopic (exact) mass is 367 g/mol. The summed E-state index contributed by atoms with van der Waals surface area (Å²) in [6.45, 7) is 1.93. The van der Waals surface area contributed by atoms with E-state index in [0.29, 0.717) is 16.4 Å². The number of rotatable bonds is 4. The zero-order chi connectivity index (χ0) is 17.4. The maximum atomic E-state index is 11.7. The highest BCUT2D eigenvalue weighted by Gasteiger charge is 2.18. The van der Waals surface area contributed by atoms with Gasteiger partial charge in [0.2, 0.25) is 4.96 Å². The van der Waals surface area contributed by atoms with Gasteiger partial charge in [0.25, 0.3) is 0 Å². The van der Waals surface area contributed by atoms with Crippen LogP contribution in [0, 0.1) is 6.92 Å². The molecule has 0 fully saturated rings. The summed E-state index contributed by atoms with van der Waals surface area (Å²) in [6, 6.07) is 15.8. The number of aldehydes is 1. The van der Waals surface area contributed by atoms with Crippen LogP contribution in [0.25, 0.3) is 16.2 Å². The van der Waals surface area contributed by atoms with Crippen molar-refractivity contribution in [1.29, 1.82) is 0 Å². The van der Waals surface area contributed by atoms with Crippen molar-refractivity contribution >= 4 is 34.2 Å². The normalized spacial score (nSPS) is 11.1. The zero-order valence-corrected chi connectivity index (χ0v) is 15.0. The molecule has 0 aliphatic carbocycles. The standard InChI is InChI=1S/C19H14ClN3OS/c1-12-9-14(7-8-15(12)20)18-16(11-24)23-19(21-18)25-17(22-23)10-13-5-3-2-4-6-13/h2-9,11H,10H2,1H3. The van der Waals surface area contributed by atoms with Crippen LogP contribution < -0.4 is 0 Å². The van der Waals surface area contributed by atoms with Crippen LogP contribution in [0.2, 0.25) is 5.02 Å². The lowest BCUT2D eigenvalue weighted by Crippen LogP contribution is -1.96. The summed E-state index contributed by atoms with van der Waals surface area (Å²) in [5, 5.41) is 6.20. The first-order valence-electron chi connectivity index (χ1n) is 7.80. The molecule has 0 radical (unpaired) electrons. The predicted octanol–water partition coefficient (Wildman–Crippen LogP) is 4.82. The van der Waals surface area contributed by atoms with Crippen LogP contribution >= 0.6 is 22.9 Å². The number of hydrogen-bond donors (Lipinski definition) is 0. The molecule has 2 aromatic carbocycles. The van der Waals surface area contributed by atoms with E-state index in [1.165, 1.54) is 16.9 Å². The Morgan fingerprint density at radius 3 is 2.72 bits per heavy atom. The first-order chi connectivity index (χ1) is 12.2. The van der Waals surface area contributed by atoms with E-state index < -0.39 is 0 Å². The fourth-order valence-corrected chi connectivity index (χ4v) is 3.81. The van der Waals surface area contributed by atoms with Gasteiger partial charge in [0.15, 0.2) is 6.29 Å². The predicted molar refractivity (Wildman–Crippen MR) is 101 cm³/mol. The third-order valence-corrected chi connectivity index (χ3v) is 5.35. The van der Waals surface area contributed by atoms with E-state index in [4.69, 9.17) is 11.6 Å². The van der Waals surface area contributed by atoms with Crippen molar-refractivity contribution < 1.29 is 4.79 Å². The smallest absolute Gasteiger partial charge is 0.213 e. The van der Waals surface area contributed by atoms with Gasteiger partial charge >= 0.3 is 0 Å². The van der Waals surface area contributed by atoms with E-state index in [2.05, 4.69) is 22.2 Å². The Hall–Kier alpha value is -2.50. The summed E-state index contributed by atoms with van der Waals surface area (Å²) in [6.07, 6.45) is 1.54. The third-order valence-electron chi connectivity index (χ3n) is 4.02. The molecule has 0 aliphatic heterocycles. The molecule has 0 unspecified atom stereocenters. The van der Waals surface area contributed by atoms with Crippen LogP contribution in [-0.2, 0) is 6.42 Å². The Balaban J connectivity index is 1.76. The van der Waals surface area contributed by atoms with Crippen molar-refractivity contribution in [1.82, 2.24) is 14.6 Å². The SMILES string of the molecule is Cc1cc(-c2nc3sc(Cc4ccccc4)nn3c2C=O)ccc1Cl. The fraction of sp³-hybridized carbons (Fsp3) is 0.105. The third kappa shape index (κ3) is 2.97. The van der Waals surface area contributed by atoms with Crippen molar-refractivity contribution in [2.24, 2.45) is 0 Å². The summed E-state index contributed by atoms with van der Waals surface area (Å²) in [4.78, 5) is 17.0. The van der Waals surface area contributed by atoms with Crippen molar-refractivity contribution in [2.45, 2.75) is 13.3 Å². The number of carbonyl (C=O) groups is 1. The highest BCUT2D eigenvalue weighted by molar-refractivity contribution is 7.16. The summed E-state index contributed by atoms with van der Waals surface area (Å²) in [5.74, 6) is 0. The Bertz CT molecular complexity index is 1070. The Kier molecular flexibility index (Phi) is 4.11. The van der Waals surface area contributed by atoms with Gasteiger partial charge < -0.3 is 0 Å². The maximum absolute atomic E-state index is 11.7. The maximum Gasteiger partial charge on any atom is 0.213 e. The van der Waals surface area contributed by atoms with Gasteiger partial charge in [-0.3, -0.25) is 4.79 Å². The highest BCUT2D eigenvalue weighted by Crippen LogP contribution is 2.29. The van der Waals surface area contributed by atoms with E-state index in [9.17, 15) is 4.79 Å². The molecular weight excluding hydrogens is 354 g/mol. The molecule has 0 atom stereocenters. The second-order valence-electron chi connectivity index (χ2n) is 5.78. The summed E-state index contributed by atoms with van der Waals surface area (Å²) < 4.78 is 1.63. The second-order valence-corrected chi connectivity index (χ2v) is 7.23. The Morgan fingerprint density at radius 1 is 1.20 bits per heavy atom. The van der Waals surface area contributed by atoms with Crippen LogP contribution in [0.3, 0.4) is 0 Å². The van der Waals surface area contributed by atoms with Crippen molar-refractivity contribution in [3.63, 3.8) is 0 Å². The Labute approximate surface area is 153 Å². The average molecular weight is 368 g/mol. The zero-order valence-electron chi connectivity index (χ0n) is 13.4. The van der Waals surface area contributed by atoms with Crippen LogP contribution in [-0.4, -0.2) is 20.9 Å². The van der Waals surface area contributed by atoms with Gasteiger partial charge in [0.1, 0.15) is 16.4 Å². The highest BCUT2D eigenvalue weighted by atomic mass is 35.5. The van der Waals surface area contributed by atoms with Crippen molar-refractivity contribution in [2.75, 3.05) is 0 Å². The topological polar surface area (TPSA) is 47.3 Å². The number of fused-ring (bicyclic) bond motifs is 1. The van der Waals surface area contributed by atoms with E-state index in [1.807, 2.05) is 43.3 Å². The first kappa shape index (κ1) is 16.0. The lowest BCUT2D eigenvalue weighted by atomic mass is 10.1. The molecule has 4 nitrogen and oxygen atoms in total. The largest absolute Gasteiger partial charge is 0.296 e. The quantitative estimate of drug-likeness (QED) is 0.486. The average Bonchev–Trinajstić information content (AvgIpc) is 3.15. The molecule has 25 heavy (non-hydrogen) atoms. The molecule has 0 N–H and O–H groups in total. The number of hydrogen-bond acceptors (Lipinski definition) is 4. The second kappa shape index (κ2) is 6.43. The number of aryl methyl sites for hydroxylation is 1. The van der Waals surface area contributed by atoms with Gasteiger partial charge in [-0.1, -0.05) is 59.3 Å². The summed E-state index contributed by atoms with van der Waals surface area (Å²) >= 11 is 7.59. The molecule has 4 aromatic rings. The van der Waals surface area contributed by atoms with Crippen LogP contribution in [0.5, 0.6) is 0 Å². The van der Waals surface area contributed by atoms with Gasteiger partial charge in [-0.2, -0.15) is 9.61 Å². The number of halogens is 1. The molecule has 0 aliphatic rings. The van der Waals surface area contributed by atoms with E-state index in [0.717, 1.165) is 33.8 Å². The molecule has 0 spiro atoms. The van der Waals surface area contributed by atoms with Crippen LogP contribution in [0.4, 0.5) is 0 Å². The van der Waals surface area contributed by atoms with E-state index in [1.54, 1.807) is 4.52 Å². The minimum absolute atomic E-state index is 0.465. The lowest BCUT2D eigenvalue weighted by Gasteiger charge is -2.02. The summed E-state index contributed by atoms with van der Waals surface area (Å²) in [5.41, 5.74) is 4.10. The molecule has 0 saturated heterocycles. The number of carbonyl (C=O) groups excluding carboxylic acids is 1. The van der Waals surface area contributed by atoms with Crippen molar-refractivity contribution in [3.8, 4) is 11.3 Å². The molecule has 0 saturated carbocycles.